The lowest BCUT2D eigenvalue weighted by Gasteiger charge is -2.37. The van der Waals surface area contributed by atoms with E-state index in [2.05, 4.69) is 29.5 Å². The van der Waals surface area contributed by atoms with Crippen molar-refractivity contribution in [2.45, 2.75) is 44.8 Å². The molecule has 0 amide bonds. The van der Waals surface area contributed by atoms with Crippen LogP contribution in [0.25, 0.3) is 10.9 Å². The zero-order chi connectivity index (χ0) is 26.0. The maximum atomic E-state index is 12.8. The van der Waals surface area contributed by atoms with E-state index in [4.69, 9.17) is 20.4 Å². The van der Waals surface area contributed by atoms with Gasteiger partial charge in [0.15, 0.2) is 18.0 Å². The molecule has 4 unspecified atom stereocenters. The molecule has 0 bridgehead atoms. The highest BCUT2D eigenvalue weighted by molar-refractivity contribution is 6.07. The van der Waals surface area contributed by atoms with Gasteiger partial charge in [0.1, 0.15) is 0 Å². The Labute approximate surface area is 204 Å². The van der Waals surface area contributed by atoms with Crippen molar-refractivity contribution in [3.05, 3.63) is 54.7 Å². The number of Topliss-reactive ketones (excluding diaryl/α,β-unsaturated/α-hetero) is 1. The number of nitrogens with zero attached hydrogens (tertiary/aromatic N) is 2. The smallest absolute Gasteiger partial charge is 0.335 e. The molecule has 3 rings (SSSR count). The van der Waals surface area contributed by atoms with Gasteiger partial charge in [0.05, 0.1) is 5.52 Å². The van der Waals surface area contributed by atoms with Gasteiger partial charge in [-0.1, -0.05) is 31.2 Å². The minimum atomic E-state index is -2.27. The molecule has 9 heteroatoms. The Bertz CT molecular complexity index is 1000. The molecule has 1 fully saturated rings. The monoisotopic (exact) mass is 486 g/mol. The maximum absolute atomic E-state index is 12.8. The van der Waals surface area contributed by atoms with E-state index in [0.29, 0.717) is 18.3 Å². The van der Waals surface area contributed by atoms with Gasteiger partial charge in [-0.3, -0.25) is 9.78 Å². The highest BCUT2D eigenvalue weighted by Gasteiger charge is 2.29. The zero-order valence-corrected chi connectivity index (χ0v) is 19.9. The summed E-state index contributed by atoms with van der Waals surface area (Å²) in [4.78, 5) is 39.2. The second kappa shape index (κ2) is 13.7. The number of likely N-dealkylation sites (tertiary alicyclic amines) is 1. The fourth-order valence-electron chi connectivity index (χ4n) is 4.31. The van der Waals surface area contributed by atoms with Gasteiger partial charge in [0.25, 0.3) is 0 Å². The minimum Gasteiger partial charge on any atom is -0.479 e. The number of aliphatic carboxylic acids is 2. The molecule has 4 atom stereocenters. The molecule has 1 aromatic heterocycles. The summed E-state index contributed by atoms with van der Waals surface area (Å²) in [6.07, 6.45) is 3.23. The fourth-order valence-corrected chi connectivity index (χ4v) is 4.31. The van der Waals surface area contributed by atoms with Gasteiger partial charge in [0.2, 0.25) is 0 Å². The predicted molar refractivity (Wildman–Crippen MR) is 131 cm³/mol. The second-order valence-electron chi connectivity index (χ2n) is 8.65. The van der Waals surface area contributed by atoms with Gasteiger partial charge in [-0.25, -0.2) is 9.59 Å². The average Bonchev–Trinajstić information content (AvgIpc) is 2.86. The molecular formula is C26H34N2O7. The fraction of sp³-hybridized carbons (Fsp3) is 0.462. The molecule has 9 nitrogen and oxygen atoms in total. The van der Waals surface area contributed by atoms with Gasteiger partial charge in [0, 0.05) is 30.1 Å². The van der Waals surface area contributed by atoms with E-state index in [1.807, 2.05) is 30.3 Å². The number of hydrogen-bond donors (Lipinski definition) is 4. The number of ketones is 1. The lowest BCUT2D eigenvalue weighted by atomic mass is 9.81. The first kappa shape index (κ1) is 28.1. The molecule has 1 aliphatic heterocycles. The third-order valence-corrected chi connectivity index (χ3v) is 6.23. The molecule has 35 heavy (non-hydrogen) atoms. The van der Waals surface area contributed by atoms with Gasteiger partial charge in [-0.2, -0.15) is 0 Å². The number of carbonyl (C=O) groups is 3. The molecule has 2 heterocycles. The Hall–Kier alpha value is -3.14. The van der Waals surface area contributed by atoms with E-state index in [1.54, 1.807) is 6.20 Å². The first-order valence-corrected chi connectivity index (χ1v) is 11.7. The maximum Gasteiger partial charge on any atom is 0.335 e. The third-order valence-electron chi connectivity index (χ3n) is 6.23. The van der Waals surface area contributed by atoms with Crippen molar-refractivity contribution in [2.24, 2.45) is 11.8 Å². The van der Waals surface area contributed by atoms with Crippen molar-refractivity contribution in [3.8, 4) is 0 Å². The number of para-hydroxylation sites is 1. The first-order valence-electron chi connectivity index (χ1n) is 11.7. The number of piperidine rings is 1. The van der Waals surface area contributed by atoms with Gasteiger partial charge < -0.3 is 25.3 Å². The number of aliphatic hydroxyl groups excluding tert-OH is 2. The number of aliphatic hydroxyl groups is 2. The quantitative estimate of drug-likeness (QED) is 0.294. The van der Waals surface area contributed by atoms with Crippen LogP contribution in [0, 0.1) is 11.8 Å². The molecule has 2 aromatic rings. The number of carboxylic acids is 2. The normalized spacial score (nSPS) is 19.7. The number of rotatable bonds is 10. The summed E-state index contributed by atoms with van der Waals surface area (Å²) < 4.78 is 0. The Morgan fingerprint density at radius 3 is 2.40 bits per heavy atom. The van der Waals surface area contributed by atoms with Crippen LogP contribution in [0.4, 0.5) is 0 Å². The molecule has 1 aliphatic rings. The van der Waals surface area contributed by atoms with Crippen LogP contribution in [0.3, 0.4) is 0 Å². The van der Waals surface area contributed by atoms with Crippen molar-refractivity contribution in [2.75, 3.05) is 19.6 Å². The summed E-state index contributed by atoms with van der Waals surface area (Å²) in [6.45, 7) is 9.67. The number of aromatic nitrogens is 1. The predicted octanol–water partition coefficient (Wildman–Crippen LogP) is 2.61. The lowest BCUT2D eigenvalue weighted by molar-refractivity contribution is -0.165. The molecule has 0 radical (unpaired) electrons. The SMILES string of the molecule is C=CC1CN(CCC)CCC1CCC(=O)c1ccnc2ccccc12.O=C(O)C(O)C(O)C(=O)O. The number of carbonyl (C=O) groups excluding carboxylic acids is 1. The average molecular weight is 487 g/mol. The van der Waals surface area contributed by atoms with E-state index in [9.17, 15) is 14.4 Å². The van der Waals surface area contributed by atoms with Crippen LogP contribution in [0.2, 0.25) is 0 Å². The molecular weight excluding hydrogens is 452 g/mol. The van der Waals surface area contributed by atoms with Crippen molar-refractivity contribution in [1.82, 2.24) is 9.88 Å². The van der Waals surface area contributed by atoms with Crippen LogP contribution in [-0.2, 0) is 9.59 Å². The van der Waals surface area contributed by atoms with Crippen LogP contribution >= 0.6 is 0 Å². The number of fused-ring (bicyclic) bond motifs is 1. The van der Waals surface area contributed by atoms with E-state index in [0.717, 1.165) is 36.0 Å². The zero-order valence-electron chi connectivity index (χ0n) is 19.9. The highest BCUT2D eigenvalue weighted by Crippen LogP contribution is 2.29. The number of carboxylic acid groups (broad SMARTS) is 2. The van der Waals surface area contributed by atoms with E-state index < -0.39 is 24.1 Å². The van der Waals surface area contributed by atoms with E-state index in [1.165, 1.54) is 19.4 Å². The number of benzene rings is 1. The lowest BCUT2D eigenvalue weighted by Crippen LogP contribution is -2.40. The Kier molecular flexibility index (Phi) is 11.0. The van der Waals surface area contributed by atoms with Crippen molar-refractivity contribution >= 4 is 28.6 Å². The van der Waals surface area contributed by atoms with Crippen molar-refractivity contribution < 1.29 is 34.8 Å². The Morgan fingerprint density at radius 1 is 1.14 bits per heavy atom. The Morgan fingerprint density at radius 2 is 1.80 bits per heavy atom. The van der Waals surface area contributed by atoms with E-state index >= 15 is 0 Å². The minimum absolute atomic E-state index is 0.234. The van der Waals surface area contributed by atoms with E-state index in [-0.39, 0.29) is 5.78 Å². The van der Waals surface area contributed by atoms with Crippen molar-refractivity contribution in [1.29, 1.82) is 0 Å². The van der Waals surface area contributed by atoms with Gasteiger partial charge in [-0.05, 0) is 56.3 Å². The molecule has 1 aromatic carbocycles. The summed E-state index contributed by atoms with van der Waals surface area (Å²) in [6, 6.07) is 9.74. The van der Waals surface area contributed by atoms with Crippen molar-refractivity contribution in [3.63, 3.8) is 0 Å². The highest BCUT2D eigenvalue weighted by atomic mass is 16.4. The standard InChI is InChI=1S/C22H28N2O.C4H6O6/c1-3-14-24-15-12-18(17(4-2)16-24)9-10-22(25)20-11-13-23-21-8-6-5-7-19(20)21;5-1(3(7)8)2(6)4(9)10/h4-8,11,13,17-18H,2-3,9-10,12,14-16H2,1H3;1-2,5-6H,(H,7,8)(H,9,10). The summed E-state index contributed by atoms with van der Waals surface area (Å²) in [5, 5.41) is 33.5. The molecule has 0 aliphatic carbocycles. The molecule has 1 saturated heterocycles. The van der Waals surface area contributed by atoms with Crippen LogP contribution in [0.1, 0.15) is 43.0 Å². The van der Waals surface area contributed by atoms with Crippen LogP contribution in [-0.4, -0.2) is 79.9 Å². The van der Waals surface area contributed by atoms with Crippen LogP contribution in [0.5, 0.6) is 0 Å². The molecule has 190 valence electrons. The third kappa shape index (κ3) is 7.95. The van der Waals surface area contributed by atoms with Crippen LogP contribution in [0.15, 0.2) is 49.2 Å². The number of pyridine rings is 1. The second-order valence-corrected chi connectivity index (χ2v) is 8.65. The molecule has 4 N–H and O–H groups in total. The molecule has 0 spiro atoms. The summed E-state index contributed by atoms with van der Waals surface area (Å²) in [7, 11) is 0. The molecule has 0 saturated carbocycles. The summed E-state index contributed by atoms with van der Waals surface area (Å²) >= 11 is 0. The van der Waals surface area contributed by atoms with Crippen LogP contribution < -0.4 is 0 Å². The summed E-state index contributed by atoms with van der Waals surface area (Å²) in [5.74, 6) is -2.23. The summed E-state index contributed by atoms with van der Waals surface area (Å²) in [5.41, 5.74) is 1.70. The number of hydrogen-bond acceptors (Lipinski definition) is 7. The largest absolute Gasteiger partial charge is 0.479 e. The Balaban J connectivity index is 0.000000367. The topological polar surface area (TPSA) is 148 Å². The van der Waals surface area contributed by atoms with Gasteiger partial charge >= 0.3 is 11.9 Å². The van der Waals surface area contributed by atoms with Gasteiger partial charge in [-0.15, -0.1) is 6.58 Å². The first-order chi connectivity index (χ1) is 16.7.